The summed E-state index contributed by atoms with van der Waals surface area (Å²) < 4.78 is 24.5. The van der Waals surface area contributed by atoms with Crippen LogP contribution in [0.1, 0.15) is 22.5 Å². The van der Waals surface area contributed by atoms with Crippen LogP contribution in [0.25, 0.3) is 24.3 Å². The van der Waals surface area contributed by atoms with E-state index in [4.69, 9.17) is 18.9 Å². The van der Waals surface area contributed by atoms with Crippen molar-refractivity contribution in [2.75, 3.05) is 28.4 Å². The Morgan fingerprint density at radius 1 is 0.771 bits per heavy atom. The molecule has 0 atom stereocenters. The molecule has 0 fully saturated rings. The van der Waals surface area contributed by atoms with Crippen LogP contribution in [0.5, 0.6) is 34.5 Å². The van der Waals surface area contributed by atoms with Crippen LogP contribution in [0.3, 0.4) is 0 Å². The number of ether oxygens (including phenoxy) is 4. The Hall–Kier alpha value is -4.40. The van der Waals surface area contributed by atoms with Gasteiger partial charge in [0.25, 0.3) is 0 Å². The Morgan fingerprint density at radius 3 is 1.71 bits per heavy atom. The summed E-state index contributed by atoms with van der Waals surface area (Å²) in [6, 6.07) is 8.05. The van der Waals surface area contributed by atoms with Crippen LogP contribution < -0.4 is 29.2 Å². The predicted molar refractivity (Wildman–Crippen MR) is 133 cm³/mol. The molecule has 0 aliphatic carbocycles. The fourth-order valence-electron chi connectivity index (χ4n) is 3.69. The van der Waals surface area contributed by atoms with Crippen molar-refractivity contribution in [1.82, 2.24) is 4.57 Å². The topological polar surface area (TPSA) is 103 Å². The van der Waals surface area contributed by atoms with Gasteiger partial charge in [-0.1, -0.05) is 0 Å². The molecule has 0 unspecified atom stereocenters. The first-order chi connectivity index (χ1) is 16.8. The van der Waals surface area contributed by atoms with E-state index in [2.05, 4.69) is 0 Å². The molecule has 35 heavy (non-hydrogen) atoms. The van der Waals surface area contributed by atoms with E-state index >= 15 is 0 Å². The summed E-state index contributed by atoms with van der Waals surface area (Å²) in [5.41, 5.74) is 1.99. The second kappa shape index (κ2) is 10.7. The number of hydrogen-bond donors (Lipinski definition) is 2. The summed E-state index contributed by atoms with van der Waals surface area (Å²) in [4.78, 5) is 12.9. The maximum atomic E-state index is 12.9. The lowest BCUT2D eigenvalue weighted by atomic mass is 10.1. The first kappa shape index (κ1) is 25.2. The monoisotopic (exact) mass is 481 g/mol. The number of rotatable bonds is 8. The maximum absolute atomic E-state index is 12.9. The van der Waals surface area contributed by atoms with E-state index < -0.39 is 0 Å². The molecule has 0 bridgehead atoms. The normalized spacial score (nSPS) is 11.3. The number of benzene rings is 2. The van der Waals surface area contributed by atoms with Crippen molar-refractivity contribution in [3.63, 3.8) is 0 Å². The van der Waals surface area contributed by atoms with Crippen molar-refractivity contribution in [1.29, 1.82) is 0 Å². The Morgan fingerprint density at radius 2 is 1.26 bits per heavy atom. The lowest BCUT2D eigenvalue weighted by Crippen LogP contribution is -2.53. The molecule has 0 aliphatic rings. The standard InChI is InChI=1S/C26H28N2O7/c1-27-16(7-9-18-22(32-3)13-11-20(29)24(18)34-5)15-17(28(2)26(27)31)8-10-19-23(33-4)14-12-21(30)25(19)35-6/h7-15H,1-6H3,(H-,29,30)/p+1. The minimum Gasteiger partial charge on any atom is -0.504 e. The third kappa shape index (κ3) is 4.93. The number of hydrogen-bond acceptors (Lipinski definition) is 7. The summed E-state index contributed by atoms with van der Waals surface area (Å²) in [5, 5.41) is 20.3. The van der Waals surface area contributed by atoms with Crippen molar-refractivity contribution in [3.05, 3.63) is 63.3 Å². The molecule has 0 amide bonds. The first-order valence-electron chi connectivity index (χ1n) is 10.6. The highest BCUT2D eigenvalue weighted by Crippen LogP contribution is 2.39. The van der Waals surface area contributed by atoms with Gasteiger partial charge in [-0.15, -0.1) is 0 Å². The fourth-order valence-corrected chi connectivity index (χ4v) is 3.69. The Labute approximate surface area is 203 Å². The molecular formula is C26H29N2O7+. The molecule has 0 saturated heterocycles. The predicted octanol–water partition coefficient (Wildman–Crippen LogP) is 3.00. The smallest absolute Gasteiger partial charge is 0.498 e. The highest BCUT2D eigenvalue weighted by Gasteiger charge is 2.17. The van der Waals surface area contributed by atoms with E-state index in [1.807, 2.05) is 6.07 Å². The van der Waals surface area contributed by atoms with Crippen LogP contribution in [0, 0.1) is 0 Å². The zero-order valence-electron chi connectivity index (χ0n) is 20.5. The summed E-state index contributed by atoms with van der Waals surface area (Å²) >= 11 is 0. The van der Waals surface area contributed by atoms with E-state index in [0.29, 0.717) is 34.0 Å². The molecule has 0 aliphatic heterocycles. The van der Waals surface area contributed by atoms with Crippen molar-refractivity contribution < 1.29 is 33.7 Å². The van der Waals surface area contributed by atoms with E-state index in [9.17, 15) is 15.0 Å². The molecule has 1 heterocycles. The highest BCUT2D eigenvalue weighted by atomic mass is 16.5. The van der Waals surface area contributed by atoms with Crippen LogP contribution >= 0.6 is 0 Å². The van der Waals surface area contributed by atoms with Gasteiger partial charge in [0, 0.05) is 6.07 Å². The largest absolute Gasteiger partial charge is 0.504 e. The Balaban J connectivity index is 2.12. The average Bonchev–Trinajstić information content (AvgIpc) is 2.86. The van der Waals surface area contributed by atoms with Gasteiger partial charge in [0.1, 0.15) is 22.9 Å². The second-order valence-corrected chi connectivity index (χ2v) is 7.53. The second-order valence-electron chi connectivity index (χ2n) is 7.53. The Bertz CT molecular complexity index is 1260. The average molecular weight is 482 g/mol. The molecule has 2 aromatic carbocycles. The van der Waals surface area contributed by atoms with Gasteiger partial charge < -0.3 is 29.2 Å². The van der Waals surface area contributed by atoms with E-state index in [0.717, 1.165) is 0 Å². The van der Waals surface area contributed by atoms with Crippen molar-refractivity contribution >= 4 is 24.3 Å². The number of aromatic nitrogens is 2. The van der Waals surface area contributed by atoms with Crippen molar-refractivity contribution in [2.24, 2.45) is 14.1 Å². The van der Waals surface area contributed by atoms with Gasteiger partial charge in [-0.25, -0.2) is 0 Å². The van der Waals surface area contributed by atoms with Crippen LogP contribution in [0.15, 0.2) is 35.1 Å². The van der Waals surface area contributed by atoms with Crippen LogP contribution in [-0.2, 0) is 14.1 Å². The van der Waals surface area contributed by atoms with Gasteiger partial charge in [-0.3, -0.25) is 0 Å². The molecule has 2 N–H and O–H groups in total. The SMILES string of the molecule is COc1ccc(O)c(OC)c1C=Cc1cc(C=Cc2c(OC)ccc(O)c2OC)[n+](C)c(=O)n1C. The number of phenols is 2. The summed E-state index contributed by atoms with van der Waals surface area (Å²) in [6.07, 6.45) is 6.88. The zero-order valence-corrected chi connectivity index (χ0v) is 20.5. The third-order valence-corrected chi connectivity index (χ3v) is 5.60. The molecule has 1 aromatic heterocycles. The van der Waals surface area contributed by atoms with Crippen molar-refractivity contribution in [2.45, 2.75) is 0 Å². The molecule has 0 radical (unpaired) electrons. The Kier molecular flexibility index (Phi) is 7.70. The minimum atomic E-state index is -0.253. The number of aromatic hydroxyl groups is 2. The van der Waals surface area contributed by atoms with Gasteiger partial charge in [-0.05, 0) is 48.6 Å². The van der Waals surface area contributed by atoms with E-state index in [1.165, 1.54) is 49.7 Å². The summed E-state index contributed by atoms with van der Waals surface area (Å²) in [6.45, 7) is 0. The number of nitrogens with zero attached hydrogens (tertiary/aromatic N) is 2. The van der Waals surface area contributed by atoms with Gasteiger partial charge in [-0.2, -0.15) is 13.9 Å². The minimum absolute atomic E-state index is 0.0288. The van der Waals surface area contributed by atoms with Crippen LogP contribution in [0.2, 0.25) is 0 Å². The van der Waals surface area contributed by atoms with E-state index in [1.54, 1.807) is 50.5 Å². The molecule has 3 rings (SSSR count). The lowest BCUT2D eigenvalue weighted by Gasteiger charge is -2.12. The number of phenolic OH excluding ortho intramolecular Hbond substituents is 2. The lowest BCUT2D eigenvalue weighted by molar-refractivity contribution is -0.692. The number of methoxy groups -OCH3 is 4. The summed E-state index contributed by atoms with van der Waals surface area (Å²) in [5.74, 6) is 1.47. The van der Waals surface area contributed by atoms with Gasteiger partial charge >= 0.3 is 5.69 Å². The van der Waals surface area contributed by atoms with Crippen molar-refractivity contribution in [3.8, 4) is 34.5 Å². The molecule has 184 valence electrons. The molecule has 3 aromatic rings. The maximum Gasteiger partial charge on any atom is 0.498 e. The highest BCUT2D eigenvalue weighted by molar-refractivity contribution is 5.79. The van der Waals surface area contributed by atoms with Gasteiger partial charge in [0.05, 0.1) is 53.7 Å². The van der Waals surface area contributed by atoms with Gasteiger partial charge in [0.2, 0.25) is 0 Å². The summed E-state index contributed by atoms with van der Waals surface area (Å²) in [7, 11) is 9.28. The van der Waals surface area contributed by atoms with E-state index in [-0.39, 0.29) is 28.7 Å². The first-order valence-corrected chi connectivity index (χ1v) is 10.6. The molecule has 0 spiro atoms. The molecular weight excluding hydrogens is 452 g/mol. The third-order valence-electron chi connectivity index (χ3n) is 5.60. The molecule has 9 nitrogen and oxygen atoms in total. The van der Waals surface area contributed by atoms with Crippen LogP contribution in [0.4, 0.5) is 0 Å². The zero-order chi connectivity index (χ0) is 25.7. The van der Waals surface area contributed by atoms with Crippen LogP contribution in [-0.4, -0.2) is 43.2 Å². The molecule has 9 heteroatoms. The fraction of sp³-hybridized carbons (Fsp3) is 0.231. The molecule has 0 saturated carbocycles. The quantitative estimate of drug-likeness (QED) is 0.477. The van der Waals surface area contributed by atoms with Gasteiger partial charge in [0.15, 0.2) is 23.0 Å².